The summed E-state index contributed by atoms with van der Waals surface area (Å²) < 4.78 is 0. The van der Waals surface area contributed by atoms with Crippen LogP contribution in [0.15, 0.2) is 24.3 Å². The highest BCUT2D eigenvalue weighted by atomic mass is 16.3. The van der Waals surface area contributed by atoms with E-state index in [1.807, 2.05) is 4.90 Å². The molecule has 2 aliphatic heterocycles. The molecule has 1 aromatic rings. The van der Waals surface area contributed by atoms with Crippen LogP contribution in [0.2, 0.25) is 0 Å². The molecule has 2 aliphatic rings. The molecule has 5 heteroatoms. The third-order valence-electron chi connectivity index (χ3n) is 5.21. The molecule has 0 saturated carbocycles. The fourth-order valence-electron chi connectivity index (χ4n) is 4.01. The van der Waals surface area contributed by atoms with Crippen LogP contribution in [0.1, 0.15) is 35.2 Å². The van der Waals surface area contributed by atoms with Crippen LogP contribution in [0.25, 0.3) is 0 Å². The maximum atomic E-state index is 12.8. The third-order valence-corrected chi connectivity index (χ3v) is 5.21. The molecule has 2 saturated heterocycles. The Bertz CT molecular complexity index is 639. The van der Waals surface area contributed by atoms with Crippen LogP contribution in [0.3, 0.4) is 0 Å². The largest absolute Gasteiger partial charge is 0.392 e. The van der Waals surface area contributed by atoms with Crippen LogP contribution in [0.4, 0.5) is 0 Å². The lowest BCUT2D eigenvalue weighted by atomic mass is 9.71. The Labute approximate surface area is 137 Å². The van der Waals surface area contributed by atoms with Crippen LogP contribution in [-0.4, -0.2) is 60.1 Å². The van der Waals surface area contributed by atoms with Crippen molar-refractivity contribution in [2.75, 3.05) is 33.2 Å². The number of nitrogens with zero attached hydrogens (tertiary/aromatic N) is 3. The van der Waals surface area contributed by atoms with E-state index >= 15 is 0 Å². The number of likely N-dealkylation sites (tertiary alicyclic amines) is 2. The van der Waals surface area contributed by atoms with Gasteiger partial charge in [0.2, 0.25) is 0 Å². The normalized spacial score (nSPS) is 28.6. The topological polar surface area (TPSA) is 67.6 Å². The summed E-state index contributed by atoms with van der Waals surface area (Å²) in [4.78, 5) is 16.9. The van der Waals surface area contributed by atoms with Crippen LogP contribution in [0.5, 0.6) is 0 Å². The quantitative estimate of drug-likeness (QED) is 0.853. The van der Waals surface area contributed by atoms with Crippen molar-refractivity contribution in [2.24, 2.45) is 5.41 Å². The Kier molecular flexibility index (Phi) is 4.38. The molecule has 1 spiro atoms. The summed E-state index contributed by atoms with van der Waals surface area (Å²) in [5, 5.41) is 19.6. The molecule has 0 radical (unpaired) electrons. The minimum Gasteiger partial charge on any atom is -0.392 e. The van der Waals surface area contributed by atoms with Crippen LogP contribution in [0, 0.1) is 16.7 Å². The zero-order valence-corrected chi connectivity index (χ0v) is 13.5. The first-order valence-electron chi connectivity index (χ1n) is 8.20. The first-order valence-corrected chi connectivity index (χ1v) is 8.20. The second-order valence-electron chi connectivity index (χ2n) is 6.93. The van der Waals surface area contributed by atoms with Gasteiger partial charge in [0, 0.05) is 37.2 Å². The maximum absolute atomic E-state index is 12.8. The number of carbonyl (C=O) groups excluding carboxylic acids is 1. The molecule has 23 heavy (non-hydrogen) atoms. The van der Waals surface area contributed by atoms with Crippen molar-refractivity contribution in [2.45, 2.75) is 25.4 Å². The predicted molar refractivity (Wildman–Crippen MR) is 86.8 cm³/mol. The molecule has 3 rings (SSSR count). The van der Waals surface area contributed by atoms with Crippen molar-refractivity contribution in [3.8, 4) is 6.07 Å². The van der Waals surface area contributed by atoms with Gasteiger partial charge >= 0.3 is 0 Å². The van der Waals surface area contributed by atoms with Gasteiger partial charge in [0.1, 0.15) is 0 Å². The van der Waals surface area contributed by atoms with E-state index in [0.717, 1.165) is 32.4 Å². The van der Waals surface area contributed by atoms with E-state index in [-0.39, 0.29) is 17.4 Å². The van der Waals surface area contributed by atoms with Gasteiger partial charge in [-0.1, -0.05) is 6.07 Å². The van der Waals surface area contributed by atoms with Crippen molar-refractivity contribution in [1.29, 1.82) is 5.26 Å². The van der Waals surface area contributed by atoms with Crippen molar-refractivity contribution < 1.29 is 9.90 Å². The SMILES string of the molecule is CN1CC[C@H](O)[C@@]2(CCCN(C(=O)c3cccc(C#N)c3)C2)C1. The van der Waals surface area contributed by atoms with Crippen molar-refractivity contribution in [1.82, 2.24) is 9.80 Å². The second-order valence-corrected chi connectivity index (χ2v) is 6.93. The monoisotopic (exact) mass is 313 g/mol. The summed E-state index contributed by atoms with van der Waals surface area (Å²) in [5.74, 6) is -0.0402. The van der Waals surface area contributed by atoms with Gasteiger partial charge in [-0.2, -0.15) is 5.26 Å². The molecule has 0 bridgehead atoms. The first kappa shape index (κ1) is 16.0. The molecule has 5 nitrogen and oxygen atoms in total. The number of carbonyl (C=O) groups is 1. The lowest BCUT2D eigenvalue weighted by Gasteiger charge is -2.50. The lowest BCUT2D eigenvalue weighted by molar-refractivity contribution is -0.0731. The van der Waals surface area contributed by atoms with Crippen molar-refractivity contribution in [3.05, 3.63) is 35.4 Å². The maximum Gasteiger partial charge on any atom is 0.253 e. The highest BCUT2D eigenvalue weighted by molar-refractivity contribution is 5.94. The number of amides is 1. The summed E-state index contributed by atoms with van der Waals surface area (Å²) in [6.07, 6.45) is 2.29. The number of benzene rings is 1. The molecule has 2 heterocycles. The molecular weight excluding hydrogens is 290 g/mol. The smallest absolute Gasteiger partial charge is 0.253 e. The summed E-state index contributed by atoms with van der Waals surface area (Å²) in [7, 11) is 2.07. The Balaban J connectivity index is 1.80. The molecule has 0 unspecified atom stereocenters. The van der Waals surface area contributed by atoms with E-state index in [1.165, 1.54) is 0 Å². The van der Waals surface area contributed by atoms with Gasteiger partial charge in [-0.15, -0.1) is 0 Å². The average molecular weight is 313 g/mol. The van der Waals surface area contributed by atoms with E-state index in [0.29, 0.717) is 24.2 Å². The number of piperidine rings is 2. The summed E-state index contributed by atoms with van der Waals surface area (Å²) in [5.41, 5.74) is 0.841. The minimum atomic E-state index is -0.347. The highest BCUT2D eigenvalue weighted by Crippen LogP contribution is 2.38. The number of hydrogen-bond acceptors (Lipinski definition) is 4. The van der Waals surface area contributed by atoms with Crippen LogP contribution >= 0.6 is 0 Å². The summed E-state index contributed by atoms with van der Waals surface area (Å²) in [6, 6.07) is 8.93. The molecule has 1 N–H and O–H groups in total. The molecule has 2 fully saturated rings. The minimum absolute atomic E-state index is 0.0402. The standard InChI is InChI=1S/C18H23N3O2/c1-20-9-6-16(22)18(12-20)7-3-8-21(13-18)17(23)15-5-2-4-14(10-15)11-19/h2,4-5,10,16,22H,3,6-9,12-13H2,1H3/t16-,18-/m0/s1. The predicted octanol–water partition coefficient (Wildman–Crippen LogP) is 1.48. The van der Waals surface area contributed by atoms with E-state index < -0.39 is 0 Å². The first-order chi connectivity index (χ1) is 11.0. The molecule has 1 amide bonds. The Morgan fingerprint density at radius 2 is 2.22 bits per heavy atom. The lowest BCUT2D eigenvalue weighted by Crippen LogP contribution is -2.59. The van der Waals surface area contributed by atoms with Gasteiger partial charge in [0.05, 0.1) is 17.7 Å². The van der Waals surface area contributed by atoms with Crippen molar-refractivity contribution in [3.63, 3.8) is 0 Å². The molecular formula is C18H23N3O2. The zero-order valence-electron chi connectivity index (χ0n) is 13.5. The molecule has 0 aliphatic carbocycles. The Morgan fingerprint density at radius 3 is 3.00 bits per heavy atom. The van der Waals surface area contributed by atoms with Gasteiger partial charge in [-0.3, -0.25) is 4.79 Å². The van der Waals surface area contributed by atoms with Gasteiger partial charge in [-0.05, 0) is 44.5 Å². The van der Waals surface area contributed by atoms with Gasteiger partial charge in [0.25, 0.3) is 5.91 Å². The Hall–Kier alpha value is -1.90. The number of aliphatic hydroxyl groups excluding tert-OH is 1. The van der Waals surface area contributed by atoms with E-state index in [2.05, 4.69) is 18.0 Å². The number of hydrogen-bond donors (Lipinski definition) is 1. The van der Waals surface area contributed by atoms with Gasteiger partial charge < -0.3 is 14.9 Å². The van der Waals surface area contributed by atoms with E-state index in [1.54, 1.807) is 24.3 Å². The van der Waals surface area contributed by atoms with Gasteiger partial charge in [-0.25, -0.2) is 0 Å². The van der Waals surface area contributed by atoms with E-state index in [9.17, 15) is 9.90 Å². The van der Waals surface area contributed by atoms with Crippen LogP contribution in [-0.2, 0) is 0 Å². The zero-order chi connectivity index (χ0) is 16.4. The summed E-state index contributed by atoms with van der Waals surface area (Å²) >= 11 is 0. The van der Waals surface area contributed by atoms with Crippen LogP contribution < -0.4 is 0 Å². The fourth-order valence-corrected chi connectivity index (χ4v) is 4.01. The average Bonchev–Trinajstić information content (AvgIpc) is 2.58. The fraction of sp³-hybridized carbons (Fsp3) is 0.556. The number of aliphatic hydroxyl groups is 1. The van der Waals surface area contributed by atoms with E-state index in [4.69, 9.17) is 5.26 Å². The Morgan fingerprint density at radius 1 is 1.39 bits per heavy atom. The second kappa shape index (κ2) is 6.31. The third kappa shape index (κ3) is 3.10. The number of nitriles is 1. The number of rotatable bonds is 1. The van der Waals surface area contributed by atoms with Gasteiger partial charge in [0.15, 0.2) is 0 Å². The molecule has 1 aromatic carbocycles. The molecule has 122 valence electrons. The summed E-state index contributed by atoms with van der Waals surface area (Å²) in [6.45, 7) is 3.04. The molecule has 2 atom stereocenters. The molecule has 0 aromatic heterocycles. The highest BCUT2D eigenvalue weighted by Gasteiger charge is 2.45. The van der Waals surface area contributed by atoms with Crippen molar-refractivity contribution >= 4 is 5.91 Å².